The number of hydroxylamine groups is 1. The van der Waals surface area contributed by atoms with Crippen LogP contribution in [0.4, 0.5) is 11.4 Å². The molecule has 2 heterocycles. The molecule has 180 valence electrons. The molecule has 0 aliphatic carbocycles. The van der Waals surface area contributed by atoms with Crippen LogP contribution in [0.3, 0.4) is 0 Å². The van der Waals surface area contributed by atoms with Gasteiger partial charge in [0.05, 0.1) is 31.1 Å². The van der Waals surface area contributed by atoms with E-state index in [9.17, 15) is 9.59 Å². The Morgan fingerprint density at radius 3 is 2.20 bits per heavy atom. The van der Waals surface area contributed by atoms with Crippen LogP contribution in [0.2, 0.25) is 0 Å². The minimum Gasteiger partial charge on any atom is -0.493 e. The highest BCUT2D eigenvalue weighted by Crippen LogP contribution is 2.48. The first-order chi connectivity index (χ1) is 17.1. The number of hydrogen-bond donors (Lipinski definition) is 0. The Hall–Kier alpha value is -3.84. The highest BCUT2D eigenvalue weighted by Gasteiger charge is 2.60. The van der Waals surface area contributed by atoms with Gasteiger partial charge in [-0.2, -0.15) is 0 Å². The number of methoxy groups -OCH3 is 1. The number of unbranched alkanes of at least 4 members (excludes halogenated alkanes) is 1. The lowest BCUT2D eigenvalue weighted by Gasteiger charge is -2.29. The van der Waals surface area contributed by atoms with Gasteiger partial charge in [0.1, 0.15) is 5.92 Å². The van der Waals surface area contributed by atoms with Crippen LogP contribution in [0, 0.1) is 5.92 Å². The van der Waals surface area contributed by atoms with Gasteiger partial charge in [-0.15, -0.1) is 0 Å². The molecule has 0 saturated carbocycles. The average Bonchev–Trinajstić information content (AvgIpc) is 3.41. The van der Waals surface area contributed by atoms with Crippen LogP contribution in [0.1, 0.15) is 31.4 Å². The third kappa shape index (κ3) is 4.12. The number of hydrogen-bond acceptors (Lipinski definition) is 6. The van der Waals surface area contributed by atoms with Crippen LogP contribution in [-0.2, 0) is 14.4 Å². The second-order valence-corrected chi connectivity index (χ2v) is 8.62. The molecule has 0 unspecified atom stereocenters. The number of carbonyl (C=O) groups is 2. The summed E-state index contributed by atoms with van der Waals surface area (Å²) in [6, 6.07) is 23.6. The second-order valence-electron chi connectivity index (χ2n) is 8.62. The maximum absolute atomic E-state index is 13.7. The molecule has 7 nitrogen and oxygen atoms in total. The number of anilines is 2. The zero-order chi connectivity index (χ0) is 24.4. The zero-order valence-corrected chi connectivity index (χ0v) is 19.8. The van der Waals surface area contributed by atoms with Crippen molar-refractivity contribution in [3.05, 3.63) is 84.4 Å². The normalized spacial score (nSPS) is 21.4. The number of rotatable bonds is 8. The molecule has 3 aromatic carbocycles. The summed E-state index contributed by atoms with van der Waals surface area (Å²) < 4.78 is 11.5. The van der Waals surface area contributed by atoms with E-state index < -0.39 is 18.1 Å². The molecule has 7 heteroatoms. The molecule has 2 amide bonds. The molecule has 0 aromatic heterocycles. The fraction of sp³-hybridized carbons (Fsp3) is 0.286. The van der Waals surface area contributed by atoms with Crippen LogP contribution in [0.15, 0.2) is 78.9 Å². The Bertz CT molecular complexity index is 1200. The number of ether oxygens (including phenoxy) is 2. The largest absolute Gasteiger partial charge is 0.493 e. The number of nitrogens with zero attached hydrogens (tertiary/aromatic N) is 2. The molecule has 0 N–H and O–H groups in total. The van der Waals surface area contributed by atoms with E-state index in [1.165, 1.54) is 4.90 Å². The van der Waals surface area contributed by atoms with Crippen molar-refractivity contribution in [2.45, 2.75) is 31.9 Å². The smallest absolute Gasteiger partial charge is 0.266 e. The van der Waals surface area contributed by atoms with Gasteiger partial charge in [-0.3, -0.25) is 14.4 Å². The fourth-order valence-electron chi connectivity index (χ4n) is 4.70. The number of amides is 2. The molecule has 35 heavy (non-hydrogen) atoms. The minimum atomic E-state index is -0.917. The summed E-state index contributed by atoms with van der Waals surface area (Å²) in [4.78, 5) is 34.5. The summed E-state index contributed by atoms with van der Waals surface area (Å²) in [6.07, 6.45) is 1.06. The highest BCUT2D eigenvalue weighted by molar-refractivity contribution is 6.23. The maximum Gasteiger partial charge on any atom is 0.266 e. The van der Waals surface area contributed by atoms with Gasteiger partial charge in [-0.25, -0.2) is 9.96 Å². The molecule has 5 rings (SSSR count). The topological polar surface area (TPSA) is 68.3 Å². The van der Waals surface area contributed by atoms with E-state index in [0.717, 1.165) is 24.1 Å². The first-order valence-electron chi connectivity index (χ1n) is 11.9. The molecule has 2 fully saturated rings. The highest BCUT2D eigenvalue weighted by atomic mass is 16.7. The minimum absolute atomic E-state index is 0.281. The Morgan fingerprint density at radius 1 is 0.857 bits per heavy atom. The van der Waals surface area contributed by atoms with Gasteiger partial charge in [0.25, 0.3) is 5.91 Å². The Balaban J connectivity index is 1.54. The zero-order valence-electron chi connectivity index (χ0n) is 19.8. The van der Waals surface area contributed by atoms with Crippen LogP contribution in [0.25, 0.3) is 0 Å². The molecule has 3 atom stereocenters. The number of para-hydroxylation sites is 2. The van der Waals surface area contributed by atoms with E-state index in [2.05, 4.69) is 6.92 Å². The van der Waals surface area contributed by atoms with Gasteiger partial charge < -0.3 is 9.47 Å². The van der Waals surface area contributed by atoms with Crippen molar-refractivity contribution in [3.8, 4) is 11.5 Å². The molecular formula is C28H28N2O5. The summed E-state index contributed by atoms with van der Waals surface area (Å²) in [7, 11) is 1.59. The fourth-order valence-corrected chi connectivity index (χ4v) is 4.70. The van der Waals surface area contributed by atoms with Crippen molar-refractivity contribution in [3.63, 3.8) is 0 Å². The van der Waals surface area contributed by atoms with Gasteiger partial charge in [0.2, 0.25) is 5.91 Å². The van der Waals surface area contributed by atoms with Crippen molar-refractivity contribution < 1.29 is 23.9 Å². The van der Waals surface area contributed by atoms with Gasteiger partial charge in [-0.05, 0) is 48.4 Å². The molecule has 0 radical (unpaired) electrons. The van der Waals surface area contributed by atoms with Gasteiger partial charge in [-0.1, -0.05) is 55.8 Å². The quantitative estimate of drug-likeness (QED) is 0.342. The molecule has 3 aromatic rings. The molecular weight excluding hydrogens is 444 g/mol. The molecule has 0 spiro atoms. The summed E-state index contributed by atoms with van der Waals surface area (Å²) in [5, 5.41) is 1.68. The van der Waals surface area contributed by atoms with Crippen molar-refractivity contribution in [2.24, 2.45) is 5.92 Å². The monoisotopic (exact) mass is 472 g/mol. The predicted octanol–water partition coefficient (Wildman–Crippen LogP) is 4.93. The SMILES string of the molecule is CCCCOc1ccc([C@@H]2[C@H]3C(=O)N(c4ccccc4)C(=O)[C@H]3ON2c2ccccc2)cc1OC. The van der Waals surface area contributed by atoms with Gasteiger partial charge in [0.15, 0.2) is 17.6 Å². The Morgan fingerprint density at radius 2 is 1.54 bits per heavy atom. The summed E-state index contributed by atoms with van der Waals surface area (Å²) in [5.41, 5.74) is 2.11. The van der Waals surface area contributed by atoms with E-state index in [0.29, 0.717) is 23.8 Å². The predicted molar refractivity (Wildman–Crippen MR) is 132 cm³/mol. The van der Waals surface area contributed by atoms with Crippen molar-refractivity contribution in [2.75, 3.05) is 23.7 Å². The van der Waals surface area contributed by atoms with E-state index in [4.69, 9.17) is 14.3 Å². The molecule has 2 aliphatic rings. The summed E-state index contributed by atoms with van der Waals surface area (Å²) in [6.45, 7) is 2.70. The lowest BCUT2D eigenvalue weighted by molar-refractivity contribution is -0.126. The maximum atomic E-state index is 13.7. The van der Waals surface area contributed by atoms with Crippen LogP contribution >= 0.6 is 0 Å². The van der Waals surface area contributed by atoms with E-state index in [1.807, 2.05) is 54.6 Å². The van der Waals surface area contributed by atoms with Crippen molar-refractivity contribution >= 4 is 23.2 Å². The number of fused-ring (bicyclic) bond motifs is 1. The second kappa shape index (κ2) is 9.80. The first-order valence-corrected chi connectivity index (χ1v) is 11.9. The first kappa shape index (κ1) is 22.9. The molecule has 0 bridgehead atoms. The van der Waals surface area contributed by atoms with E-state index in [-0.39, 0.29) is 11.8 Å². The van der Waals surface area contributed by atoms with Crippen LogP contribution in [-0.4, -0.2) is 31.6 Å². The molecule has 2 aliphatic heterocycles. The standard InChI is InChI=1S/C28H28N2O5/c1-3-4-17-34-22-16-15-19(18-23(22)33-2)25-24-26(35-30(25)21-13-9-6-10-14-21)28(32)29(27(24)31)20-11-7-5-8-12-20/h5-16,18,24-26H,3-4,17H2,1-2H3/t24-,25-,26+/m1/s1. The Kier molecular flexibility index (Phi) is 6.42. The molecule has 2 saturated heterocycles. The van der Waals surface area contributed by atoms with Gasteiger partial charge in [0, 0.05) is 0 Å². The average molecular weight is 473 g/mol. The van der Waals surface area contributed by atoms with Crippen LogP contribution < -0.4 is 19.4 Å². The number of benzene rings is 3. The van der Waals surface area contributed by atoms with E-state index in [1.54, 1.807) is 36.4 Å². The van der Waals surface area contributed by atoms with E-state index >= 15 is 0 Å². The summed E-state index contributed by atoms with van der Waals surface area (Å²) >= 11 is 0. The third-order valence-electron chi connectivity index (χ3n) is 6.43. The number of imide groups is 1. The Labute approximate surface area is 204 Å². The van der Waals surface area contributed by atoms with Gasteiger partial charge >= 0.3 is 0 Å². The third-order valence-corrected chi connectivity index (χ3v) is 6.43. The van der Waals surface area contributed by atoms with Crippen LogP contribution in [0.5, 0.6) is 11.5 Å². The summed E-state index contributed by atoms with van der Waals surface area (Å²) in [5.74, 6) is -0.129. The lowest BCUT2D eigenvalue weighted by Crippen LogP contribution is -2.37. The van der Waals surface area contributed by atoms with Crippen molar-refractivity contribution in [1.29, 1.82) is 0 Å². The van der Waals surface area contributed by atoms with Crippen molar-refractivity contribution in [1.82, 2.24) is 0 Å². The lowest BCUT2D eigenvalue weighted by atomic mass is 9.90. The number of carbonyl (C=O) groups excluding carboxylic acids is 2.